The first kappa shape index (κ1) is 20.9. The summed E-state index contributed by atoms with van der Waals surface area (Å²) < 4.78 is 16.9. The van der Waals surface area contributed by atoms with E-state index < -0.39 is 0 Å². The number of nitrogens with zero attached hydrogens (tertiary/aromatic N) is 3. The zero-order valence-corrected chi connectivity index (χ0v) is 17.9. The molecule has 0 bridgehead atoms. The highest BCUT2D eigenvalue weighted by atomic mass is 16.5. The van der Waals surface area contributed by atoms with Crippen LogP contribution in [0.5, 0.6) is 5.75 Å². The Morgan fingerprint density at radius 3 is 2.97 bits per heavy atom. The summed E-state index contributed by atoms with van der Waals surface area (Å²) in [6.07, 6.45) is 2.65. The molecular formula is C22H28N6O3. The maximum atomic E-state index is 6.12. The Kier molecular flexibility index (Phi) is 6.83. The van der Waals surface area contributed by atoms with Gasteiger partial charge in [0, 0.05) is 31.7 Å². The highest BCUT2D eigenvalue weighted by molar-refractivity contribution is 5.79. The van der Waals surface area contributed by atoms with Crippen molar-refractivity contribution in [2.75, 3.05) is 26.9 Å². The third kappa shape index (κ3) is 5.64. The van der Waals surface area contributed by atoms with Crippen molar-refractivity contribution in [1.82, 2.24) is 25.8 Å². The molecule has 3 heterocycles. The first-order valence-corrected chi connectivity index (χ1v) is 10.4. The van der Waals surface area contributed by atoms with E-state index in [-0.39, 0.29) is 0 Å². The van der Waals surface area contributed by atoms with Crippen molar-refractivity contribution in [3.63, 3.8) is 0 Å². The molecule has 0 saturated carbocycles. The first-order valence-electron chi connectivity index (χ1n) is 10.4. The van der Waals surface area contributed by atoms with Crippen LogP contribution in [0, 0.1) is 12.8 Å². The lowest BCUT2D eigenvalue weighted by molar-refractivity contribution is 0.166. The number of guanidine groups is 1. The molecule has 4 rings (SSSR count). The highest BCUT2D eigenvalue weighted by Gasteiger charge is 2.17. The fourth-order valence-electron chi connectivity index (χ4n) is 3.32. The molecule has 1 aliphatic rings. The molecule has 2 aromatic heterocycles. The summed E-state index contributed by atoms with van der Waals surface area (Å²) >= 11 is 0. The van der Waals surface area contributed by atoms with Gasteiger partial charge in [-0.2, -0.15) is 0 Å². The minimum Gasteiger partial charge on any atom is -0.493 e. The van der Waals surface area contributed by atoms with Crippen molar-refractivity contribution in [2.45, 2.75) is 26.4 Å². The van der Waals surface area contributed by atoms with Gasteiger partial charge in [-0.05, 0) is 37.1 Å². The van der Waals surface area contributed by atoms with E-state index >= 15 is 0 Å². The molecule has 1 aromatic carbocycles. The second-order valence-electron chi connectivity index (χ2n) is 7.51. The van der Waals surface area contributed by atoms with E-state index in [9.17, 15) is 0 Å². The number of hydrogen-bond acceptors (Lipinski definition) is 6. The van der Waals surface area contributed by atoms with E-state index in [4.69, 9.17) is 13.9 Å². The molecule has 0 aliphatic carbocycles. The summed E-state index contributed by atoms with van der Waals surface area (Å²) in [4.78, 5) is 8.71. The molecule has 1 atom stereocenters. The van der Waals surface area contributed by atoms with E-state index in [2.05, 4.69) is 55.9 Å². The van der Waals surface area contributed by atoms with Crippen molar-refractivity contribution >= 4 is 5.96 Å². The summed E-state index contributed by atoms with van der Waals surface area (Å²) in [5.74, 6) is 3.86. The molecule has 0 radical (unpaired) electrons. The Morgan fingerprint density at radius 1 is 1.29 bits per heavy atom. The Bertz CT molecular complexity index is 993. The van der Waals surface area contributed by atoms with Gasteiger partial charge in [-0.3, -0.25) is 10.1 Å². The predicted molar refractivity (Wildman–Crippen MR) is 117 cm³/mol. The minimum absolute atomic E-state index is 0.451. The number of aromatic amines is 1. The van der Waals surface area contributed by atoms with E-state index in [1.807, 2.05) is 6.07 Å². The zero-order chi connectivity index (χ0) is 21.5. The van der Waals surface area contributed by atoms with Crippen LogP contribution < -0.4 is 15.4 Å². The van der Waals surface area contributed by atoms with Crippen LogP contribution in [0.4, 0.5) is 0 Å². The summed E-state index contributed by atoms with van der Waals surface area (Å²) in [5, 5.41) is 13.7. The fraction of sp³-hybridized carbons (Fsp3) is 0.409. The van der Waals surface area contributed by atoms with Crippen molar-refractivity contribution < 1.29 is 13.9 Å². The number of furan rings is 1. The first-order chi connectivity index (χ1) is 15.2. The predicted octanol–water partition coefficient (Wildman–Crippen LogP) is 2.65. The topological polar surface area (TPSA) is 110 Å². The Labute approximate surface area is 181 Å². The maximum absolute atomic E-state index is 6.12. The molecule has 3 N–H and O–H groups in total. The van der Waals surface area contributed by atoms with Crippen LogP contribution >= 0.6 is 0 Å². The lowest BCUT2D eigenvalue weighted by Crippen LogP contribution is -2.36. The van der Waals surface area contributed by atoms with Gasteiger partial charge < -0.3 is 24.5 Å². The van der Waals surface area contributed by atoms with Gasteiger partial charge in [0.05, 0.1) is 26.0 Å². The number of aromatic nitrogens is 3. The van der Waals surface area contributed by atoms with Gasteiger partial charge in [-0.1, -0.05) is 12.1 Å². The molecular weight excluding hydrogens is 396 g/mol. The normalized spacial score (nSPS) is 16.5. The van der Waals surface area contributed by atoms with Crippen molar-refractivity contribution in [2.24, 2.45) is 10.9 Å². The second-order valence-corrected chi connectivity index (χ2v) is 7.51. The van der Waals surface area contributed by atoms with Crippen LogP contribution in [0.3, 0.4) is 0 Å². The SMILES string of the molecule is CN=C(NCc1nc(-c2ccco2)n[nH]1)NCc1ccc(C)cc1OCC1CCOC1. The Morgan fingerprint density at radius 2 is 2.19 bits per heavy atom. The van der Waals surface area contributed by atoms with Gasteiger partial charge in [0.25, 0.3) is 0 Å². The molecule has 1 unspecified atom stereocenters. The van der Waals surface area contributed by atoms with Crippen LogP contribution in [0.15, 0.2) is 46.0 Å². The van der Waals surface area contributed by atoms with E-state index in [0.717, 1.165) is 30.9 Å². The molecule has 31 heavy (non-hydrogen) atoms. The van der Waals surface area contributed by atoms with Crippen LogP contribution in [0.25, 0.3) is 11.6 Å². The van der Waals surface area contributed by atoms with Gasteiger partial charge in [-0.15, -0.1) is 5.10 Å². The molecule has 9 nitrogen and oxygen atoms in total. The Hall–Kier alpha value is -3.33. The second kappa shape index (κ2) is 10.1. The smallest absolute Gasteiger partial charge is 0.216 e. The van der Waals surface area contributed by atoms with Gasteiger partial charge in [-0.25, -0.2) is 4.98 Å². The molecule has 0 amide bonds. The molecule has 1 fully saturated rings. The monoisotopic (exact) mass is 424 g/mol. The van der Waals surface area contributed by atoms with Crippen molar-refractivity contribution in [3.05, 3.63) is 53.5 Å². The maximum Gasteiger partial charge on any atom is 0.216 e. The number of hydrogen-bond donors (Lipinski definition) is 3. The van der Waals surface area contributed by atoms with Crippen LogP contribution in [0.2, 0.25) is 0 Å². The molecule has 1 aliphatic heterocycles. The number of rotatable bonds is 8. The average molecular weight is 425 g/mol. The number of aryl methyl sites for hydroxylation is 1. The summed E-state index contributed by atoms with van der Waals surface area (Å²) in [6, 6.07) is 9.88. The largest absolute Gasteiger partial charge is 0.493 e. The van der Waals surface area contributed by atoms with E-state index in [0.29, 0.717) is 49.0 Å². The molecule has 9 heteroatoms. The highest BCUT2D eigenvalue weighted by Crippen LogP contribution is 2.22. The molecule has 164 valence electrons. The average Bonchev–Trinajstić information content (AvgIpc) is 3.55. The third-order valence-electron chi connectivity index (χ3n) is 5.09. The Balaban J connectivity index is 1.31. The van der Waals surface area contributed by atoms with Crippen LogP contribution in [-0.4, -0.2) is 48.0 Å². The van der Waals surface area contributed by atoms with E-state index in [1.54, 1.807) is 19.4 Å². The summed E-state index contributed by atoms with van der Waals surface area (Å²) in [5.41, 5.74) is 2.24. The van der Waals surface area contributed by atoms with Crippen molar-refractivity contribution in [1.29, 1.82) is 0 Å². The summed E-state index contributed by atoms with van der Waals surface area (Å²) in [6.45, 7) is 5.38. The lowest BCUT2D eigenvalue weighted by atomic mass is 10.1. The molecule has 0 spiro atoms. The standard InChI is InChI=1S/C22H28N6O3/c1-15-5-6-17(19(10-15)31-14-16-7-9-29-13-16)11-24-22(23-2)25-12-20-26-21(28-27-20)18-4-3-8-30-18/h3-6,8,10,16H,7,9,11-14H2,1-2H3,(H2,23,24,25)(H,26,27,28). The molecule has 3 aromatic rings. The summed E-state index contributed by atoms with van der Waals surface area (Å²) in [7, 11) is 1.73. The van der Waals surface area contributed by atoms with Crippen molar-refractivity contribution in [3.8, 4) is 17.3 Å². The van der Waals surface area contributed by atoms with E-state index in [1.165, 1.54) is 5.56 Å². The number of H-pyrrole nitrogens is 1. The quantitative estimate of drug-likeness (QED) is 0.377. The van der Waals surface area contributed by atoms with Gasteiger partial charge in [0.2, 0.25) is 5.82 Å². The number of ether oxygens (including phenoxy) is 2. The van der Waals surface area contributed by atoms with Gasteiger partial charge >= 0.3 is 0 Å². The van der Waals surface area contributed by atoms with Gasteiger partial charge in [0.15, 0.2) is 11.7 Å². The van der Waals surface area contributed by atoms with Gasteiger partial charge in [0.1, 0.15) is 11.6 Å². The number of nitrogens with one attached hydrogen (secondary N) is 3. The minimum atomic E-state index is 0.451. The third-order valence-corrected chi connectivity index (χ3v) is 5.09. The molecule has 1 saturated heterocycles. The number of benzene rings is 1. The number of aliphatic imine (C=N–C) groups is 1. The zero-order valence-electron chi connectivity index (χ0n) is 17.9. The van der Waals surface area contributed by atoms with Crippen LogP contribution in [0.1, 0.15) is 23.4 Å². The van der Waals surface area contributed by atoms with Crippen LogP contribution in [-0.2, 0) is 17.8 Å². The lowest BCUT2D eigenvalue weighted by Gasteiger charge is -2.16. The fourth-order valence-corrected chi connectivity index (χ4v) is 3.32.